The Hall–Kier alpha value is -2.48. The van der Waals surface area contributed by atoms with E-state index in [1.807, 2.05) is 6.07 Å². The van der Waals surface area contributed by atoms with Crippen molar-refractivity contribution >= 4 is 18.0 Å². The zero-order valence-corrected chi connectivity index (χ0v) is 8.29. The third-order valence-electron chi connectivity index (χ3n) is 1.90. The number of nitriles is 1. The maximum atomic E-state index is 10.5. The lowest BCUT2D eigenvalue weighted by atomic mass is 10.1. The number of nitrogens with zero attached hydrogens (tertiary/aromatic N) is 2. The van der Waals surface area contributed by atoms with E-state index in [4.69, 9.17) is 5.26 Å². The number of benzene rings is 1. The molecule has 0 spiro atoms. The summed E-state index contributed by atoms with van der Waals surface area (Å²) in [6.07, 6.45) is 4.17. The van der Waals surface area contributed by atoms with Crippen molar-refractivity contribution in [3.63, 3.8) is 0 Å². The number of non-ortho nitro benzene ring substituents is 1. The minimum Gasteiger partial charge on any atom is -0.303 e. The molecule has 0 radical (unpaired) electrons. The van der Waals surface area contributed by atoms with Crippen LogP contribution >= 0.6 is 0 Å². The molecule has 1 aromatic rings. The normalized spacial score (nSPS) is 9.94. The SMILES string of the molecule is N#Cc1cc([N+](=O)[O-])ccc1C=CCC=O. The third kappa shape index (κ3) is 2.75. The van der Waals surface area contributed by atoms with Crippen LogP contribution in [0.25, 0.3) is 6.08 Å². The van der Waals surface area contributed by atoms with Crippen LogP contribution in [0, 0.1) is 21.4 Å². The number of nitro benzene ring substituents is 1. The molecule has 0 aliphatic carbocycles. The van der Waals surface area contributed by atoms with Crippen molar-refractivity contribution in [2.75, 3.05) is 0 Å². The van der Waals surface area contributed by atoms with Gasteiger partial charge in [0.05, 0.1) is 10.5 Å². The largest absolute Gasteiger partial charge is 0.303 e. The van der Waals surface area contributed by atoms with E-state index < -0.39 is 4.92 Å². The Kier molecular flexibility index (Phi) is 3.92. The van der Waals surface area contributed by atoms with Crippen molar-refractivity contribution in [2.24, 2.45) is 0 Å². The fourth-order valence-electron chi connectivity index (χ4n) is 1.15. The van der Waals surface area contributed by atoms with Crippen molar-refractivity contribution in [3.05, 3.63) is 45.5 Å². The summed E-state index contributed by atoms with van der Waals surface area (Å²) < 4.78 is 0. The molecule has 0 aromatic heterocycles. The Labute approximate surface area is 91.8 Å². The van der Waals surface area contributed by atoms with E-state index in [-0.39, 0.29) is 17.7 Å². The maximum absolute atomic E-state index is 10.5. The quantitative estimate of drug-likeness (QED) is 0.438. The highest BCUT2D eigenvalue weighted by molar-refractivity contribution is 5.63. The van der Waals surface area contributed by atoms with E-state index in [0.717, 1.165) is 6.29 Å². The number of carbonyl (C=O) groups is 1. The van der Waals surface area contributed by atoms with Gasteiger partial charge in [0.25, 0.3) is 5.69 Å². The first kappa shape index (κ1) is 11.6. The van der Waals surface area contributed by atoms with Crippen LogP contribution in [0.4, 0.5) is 5.69 Å². The van der Waals surface area contributed by atoms with E-state index in [1.165, 1.54) is 18.2 Å². The summed E-state index contributed by atoms with van der Waals surface area (Å²) in [6, 6.07) is 5.89. The number of nitro groups is 1. The Morgan fingerprint density at radius 2 is 2.25 bits per heavy atom. The molecule has 80 valence electrons. The van der Waals surface area contributed by atoms with Gasteiger partial charge in [-0.3, -0.25) is 10.1 Å². The molecule has 1 rings (SSSR count). The molecule has 0 aliphatic rings. The van der Waals surface area contributed by atoms with Crippen molar-refractivity contribution in [1.29, 1.82) is 5.26 Å². The zero-order valence-electron chi connectivity index (χ0n) is 8.29. The molecule has 5 heteroatoms. The summed E-state index contributed by atoms with van der Waals surface area (Å²) in [5, 5.41) is 19.3. The summed E-state index contributed by atoms with van der Waals surface area (Å²) in [5.41, 5.74) is 0.662. The van der Waals surface area contributed by atoms with Crippen molar-refractivity contribution in [1.82, 2.24) is 0 Å². The fraction of sp³-hybridized carbons (Fsp3) is 0.0909. The van der Waals surface area contributed by atoms with E-state index in [9.17, 15) is 14.9 Å². The van der Waals surface area contributed by atoms with Crippen molar-refractivity contribution in [3.8, 4) is 6.07 Å². The van der Waals surface area contributed by atoms with Crippen LogP contribution in [0.2, 0.25) is 0 Å². The lowest BCUT2D eigenvalue weighted by molar-refractivity contribution is -0.384. The Bertz CT molecular complexity index is 486. The number of aldehydes is 1. The molecule has 0 N–H and O–H groups in total. The second-order valence-electron chi connectivity index (χ2n) is 2.95. The van der Waals surface area contributed by atoms with Crippen LogP contribution in [-0.4, -0.2) is 11.2 Å². The van der Waals surface area contributed by atoms with Gasteiger partial charge < -0.3 is 4.79 Å². The molecule has 16 heavy (non-hydrogen) atoms. The lowest BCUT2D eigenvalue weighted by Gasteiger charge is -1.97. The van der Waals surface area contributed by atoms with Crippen LogP contribution in [-0.2, 0) is 4.79 Å². The van der Waals surface area contributed by atoms with Gasteiger partial charge in [0.2, 0.25) is 0 Å². The topological polar surface area (TPSA) is 84.0 Å². The van der Waals surface area contributed by atoms with E-state index >= 15 is 0 Å². The van der Waals surface area contributed by atoms with Gasteiger partial charge in [0.15, 0.2) is 0 Å². The van der Waals surface area contributed by atoms with Gasteiger partial charge in [0.1, 0.15) is 12.4 Å². The van der Waals surface area contributed by atoms with Crippen LogP contribution in [0.3, 0.4) is 0 Å². The molecule has 0 saturated heterocycles. The van der Waals surface area contributed by atoms with Gasteiger partial charge >= 0.3 is 0 Å². The number of allylic oxidation sites excluding steroid dienone is 1. The molecule has 1 aromatic carbocycles. The monoisotopic (exact) mass is 216 g/mol. The molecule has 0 aliphatic heterocycles. The van der Waals surface area contributed by atoms with Crippen molar-refractivity contribution < 1.29 is 9.72 Å². The second-order valence-corrected chi connectivity index (χ2v) is 2.95. The fourth-order valence-corrected chi connectivity index (χ4v) is 1.15. The molecular weight excluding hydrogens is 208 g/mol. The average Bonchev–Trinajstić information content (AvgIpc) is 2.29. The molecule has 0 bridgehead atoms. The summed E-state index contributed by atoms with van der Waals surface area (Å²) in [7, 11) is 0. The van der Waals surface area contributed by atoms with Gasteiger partial charge in [-0.1, -0.05) is 12.2 Å². The van der Waals surface area contributed by atoms with Gasteiger partial charge in [-0.05, 0) is 11.6 Å². The highest BCUT2D eigenvalue weighted by Gasteiger charge is 2.08. The standard InChI is InChI=1S/C11H8N2O3/c12-8-10-7-11(13(15)16)5-4-9(10)3-1-2-6-14/h1,3-7H,2H2. The molecular formula is C11H8N2O3. The Morgan fingerprint density at radius 1 is 1.50 bits per heavy atom. The van der Waals surface area contributed by atoms with Crippen LogP contribution in [0.5, 0.6) is 0 Å². The highest BCUT2D eigenvalue weighted by atomic mass is 16.6. The molecule has 0 fully saturated rings. The molecule has 0 heterocycles. The number of hydrogen-bond acceptors (Lipinski definition) is 4. The third-order valence-corrected chi connectivity index (χ3v) is 1.90. The molecule has 0 saturated carbocycles. The first-order valence-corrected chi connectivity index (χ1v) is 4.47. The molecule has 0 atom stereocenters. The Morgan fingerprint density at radius 3 is 2.81 bits per heavy atom. The van der Waals surface area contributed by atoms with Gasteiger partial charge in [-0.2, -0.15) is 5.26 Å². The highest BCUT2D eigenvalue weighted by Crippen LogP contribution is 2.18. The number of hydrogen-bond donors (Lipinski definition) is 0. The minimum atomic E-state index is -0.556. The summed E-state index contributed by atoms with van der Waals surface area (Å²) in [5.74, 6) is 0. The minimum absolute atomic E-state index is 0.121. The molecule has 0 amide bonds. The summed E-state index contributed by atoms with van der Waals surface area (Å²) in [4.78, 5) is 20.0. The second kappa shape index (κ2) is 5.41. The number of carbonyl (C=O) groups excluding carboxylic acids is 1. The van der Waals surface area contributed by atoms with Gasteiger partial charge in [-0.25, -0.2) is 0 Å². The maximum Gasteiger partial charge on any atom is 0.270 e. The van der Waals surface area contributed by atoms with Crippen LogP contribution < -0.4 is 0 Å². The molecule has 0 unspecified atom stereocenters. The van der Waals surface area contributed by atoms with Crippen LogP contribution in [0.1, 0.15) is 17.5 Å². The summed E-state index contributed by atoms with van der Waals surface area (Å²) in [6.45, 7) is 0. The first-order chi connectivity index (χ1) is 7.69. The van der Waals surface area contributed by atoms with Crippen molar-refractivity contribution in [2.45, 2.75) is 6.42 Å². The average molecular weight is 216 g/mol. The number of rotatable bonds is 4. The zero-order chi connectivity index (χ0) is 12.0. The lowest BCUT2D eigenvalue weighted by Crippen LogP contribution is -1.90. The predicted octanol–water partition coefficient (Wildman–Crippen LogP) is 2.07. The molecule has 5 nitrogen and oxygen atoms in total. The van der Waals surface area contributed by atoms with Gasteiger partial charge in [0, 0.05) is 18.6 Å². The van der Waals surface area contributed by atoms with Crippen LogP contribution in [0.15, 0.2) is 24.3 Å². The Balaban J connectivity index is 3.08. The smallest absolute Gasteiger partial charge is 0.270 e. The summed E-state index contributed by atoms with van der Waals surface area (Å²) >= 11 is 0. The van der Waals surface area contributed by atoms with E-state index in [2.05, 4.69) is 0 Å². The predicted molar refractivity (Wildman–Crippen MR) is 57.5 cm³/mol. The van der Waals surface area contributed by atoms with Gasteiger partial charge in [-0.15, -0.1) is 0 Å². The first-order valence-electron chi connectivity index (χ1n) is 4.47. The van der Waals surface area contributed by atoms with E-state index in [1.54, 1.807) is 12.2 Å². The van der Waals surface area contributed by atoms with E-state index in [0.29, 0.717) is 5.56 Å².